The van der Waals surface area contributed by atoms with Gasteiger partial charge < -0.3 is 19.4 Å². The summed E-state index contributed by atoms with van der Waals surface area (Å²) in [6.45, 7) is 2.79. The van der Waals surface area contributed by atoms with E-state index in [2.05, 4.69) is 22.0 Å². The van der Waals surface area contributed by atoms with Crippen LogP contribution in [0.4, 0.5) is 0 Å². The molecule has 1 aliphatic heterocycles. The number of likely N-dealkylation sites (tertiary alicyclic amines) is 1. The van der Waals surface area contributed by atoms with Gasteiger partial charge in [-0.3, -0.25) is 9.36 Å². The van der Waals surface area contributed by atoms with Crippen molar-refractivity contribution in [2.45, 2.75) is 25.3 Å². The number of aromatic amines is 1. The van der Waals surface area contributed by atoms with Crippen LogP contribution in [0, 0.1) is 5.92 Å². The highest BCUT2D eigenvalue weighted by molar-refractivity contribution is 7.20. The van der Waals surface area contributed by atoms with E-state index in [0.717, 1.165) is 43.0 Å². The first-order valence-corrected chi connectivity index (χ1v) is 11.5. The number of esters is 1. The van der Waals surface area contributed by atoms with E-state index < -0.39 is 11.7 Å². The standard InChI is InChI=1S/C23H25N3O5S/c1-30-18-5-3-4-14-15(18)7-6-13-11-25(12-16(13)14)8-9-26-21(27)20-17(24-23(26)29)10-19(32-20)22(28)31-2/h3-5,10,13,16H,6-9,11-12H2,1-2H3,(H,24,29)/t13-,16+/m0/s1. The Bertz CT molecular complexity index is 1310. The monoisotopic (exact) mass is 455 g/mol. The molecule has 3 aromatic rings. The Balaban J connectivity index is 1.35. The Labute approximate surface area is 188 Å². The van der Waals surface area contributed by atoms with Crippen molar-refractivity contribution in [3.63, 3.8) is 0 Å². The summed E-state index contributed by atoms with van der Waals surface area (Å²) in [5, 5.41) is 0. The van der Waals surface area contributed by atoms with E-state index >= 15 is 0 Å². The largest absolute Gasteiger partial charge is 0.496 e. The lowest BCUT2D eigenvalue weighted by Crippen LogP contribution is -2.38. The van der Waals surface area contributed by atoms with Crippen molar-refractivity contribution in [1.29, 1.82) is 0 Å². The van der Waals surface area contributed by atoms with E-state index in [1.165, 1.54) is 28.9 Å². The third-order valence-corrected chi connectivity index (χ3v) is 7.86. The van der Waals surface area contributed by atoms with Crippen molar-refractivity contribution >= 4 is 27.5 Å². The zero-order valence-corrected chi connectivity index (χ0v) is 18.9. The van der Waals surface area contributed by atoms with Gasteiger partial charge in [0.2, 0.25) is 0 Å². The Hall–Kier alpha value is -2.91. The second-order valence-corrected chi connectivity index (χ2v) is 9.48. The summed E-state index contributed by atoms with van der Waals surface area (Å²) in [6, 6.07) is 7.78. The van der Waals surface area contributed by atoms with Gasteiger partial charge in [0, 0.05) is 32.1 Å². The number of hydrogen-bond donors (Lipinski definition) is 1. The van der Waals surface area contributed by atoms with Crippen LogP contribution in [0.25, 0.3) is 10.2 Å². The zero-order chi connectivity index (χ0) is 22.4. The number of thiophene rings is 1. The molecule has 1 N–H and O–H groups in total. The van der Waals surface area contributed by atoms with E-state index in [-0.39, 0.29) is 5.56 Å². The summed E-state index contributed by atoms with van der Waals surface area (Å²) in [4.78, 5) is 42.6. The number of carbonyl (C=O) groups is 1. The lowest BCUT2D eigenvalue weighted by atomic mass is 9.77. The second kappa shape index (κ2) is 8.22. The minimum atomic E-state index is -0.519. The Morgan fingerprint density at radius 2 is 2.06 bits per heavy atom. The van der Waals surface area contributed by atoms with Gasteiger partial charge in [0.1, 0.15) is 15.3 Å². The van der Waals surface area contributed by atoms with Crippen LogP contribution >= 0.6 is 11.3 Å². The van der Waals surface area contributed by atoms with Crippen LogP contribution in [-0.2, 0) is 17.7 Å². The predicted molar refractivity (Wildman–Crippen MR) is 122 cm³/mol. The van der Waals surface area contributed by atoms with Crippen molar-refractivity contribution in [1.82, 2.24) is 14.5 Å². The first kappa shape index (κ1) is 21.0. The van der Waals surface area contributed by atoms with E-state index in [4.69, 9.17) is 9.47 Å². The summed E-state index contributed by atoms with van der Waals surface area (Å²) in [5.41, 5.74) is 2.24. The minimum Gasteiger partial charge on any atom is -0.496 e. The molecule has 168 valence electrons. The van der Waals surface area contributed by atoms with Gasteiger partial charge in [0.25, 0.3) is 5.56 Å². The fourth-order valence-corrected chi connectivity index (χ4v) is 6.17. The summed E-state index contributed by atoms with van der Waals surface area (Å²) < 4.78 is 11.9. The lowest BCUT2D eigenvalue weighted by Gasteiger charge is -2.28. The Kier molecular flexibility index (Phi) is 5.38. The number of carbonyl (C=O) groups excluding carboxylic acids is 1. The molecule has 5 rings (SSSR count). The maximum Gasteiger partial charge on any atom is 0.348 e. The van der Waals surface area contributed by atoms with Gasteiger partial charge in [-0.15, -0.1) is 11.3 Å². The number of ether oxygens (including phenoxy) is 2. The zero-order valence-electron chi connectivity index (χ0n) is 18.1. The molecule has 9 heteroatoms. The molecule has 0 amide bonds. The summed E-state index contributed by atoms with van der Waals surface area (Å²) >= 11 is 1.05. The molecular formula is C23H25N3O5S. The molecule has 3 heterocycles. The van der Waals surface area contributed by atoms with Crippen LogP contribution in [0.3, 0.4) is 0 Å². The van der Waals surface area contributed by atoms with Crippen molar-refractivity contribution in [3.8, 4) is 5.75 Å². The first-order valence-electron chi connectivity index (χ1n) is 10.7. The van der Waals surface area contributed by atoms with E-state index in [1.54, 1.807) is 7.11 Å². The van der Waals surface area contributed by atoms with Gasteiger partial charge in [-0.25, -0.2) is 9.59 Å². The molecule has 1 saturated heterocycles. The lowest BCUT2D eigenvalue weighted by molar-refractivity contribution is 0.0606. The fraction of sp³-hybridized carbons (Fsp3) is 0.435. The molecule has 0 saturated carbocycles. The highest BCUT2D eigenvalue weighted by Crippen LogP contribution is 2.43. The molecule has 8 nitrogen and oxygen atoms in total. The van der Waals surface area contributed by atoms with Crippen LogP contribution < -0.4 is 16.0 Å². The molecule has 1 fully saturated rings. The molecule has 0 bridgehead atoms. The van der Waals surface area contributed by atoms with Gasteiger partial charge in [0.05, 0.1) is 19.7 Å². The van der Waals surface area contributed by atoms with Crippen LogP contribution in [0.5, 0.6) is 5.75 Å². The van der Waals surface area contributed by atoms with Gasteiger partial charge in [-0.05, 0) is 42.0 Å². The quantitative estimate of drug-likeness (QED) is 0.593. The van der Waals surface area contributed by atoms with Crippen molar-refractivity contribution in [3.05, 3.63) is 61.1 Å². The molecule has 2 atom stereocenters. The van der Waals surface area contributed by atoms with Gasteiger partial charge in [0.15, 0.2) is 0 Å². The normalized spacial score (nSPS) is 20.2. The third-order valence-electron chi connectivity index (χ3n) is 6.76. The number of benzene rings is 1. The first-order chi connectivity index (χ1) is 15.5. The van der Waals surface area contributed by atoms with Crippen LogP contribution in [0.1, 0.15) is 33.1 Å². The molecule has 0 spiro atoms. The summed E-state index contributed by atoms with van der Waals surface area (Å²) in [7, 11) is 3.01. The second-order valence-electron chi connectivity index (χ2n) is 8.42. The molecule has 32 heavy (non-hydrogen) atoms. The number of hydrogen-bond acceptors (Lipinski definition) is 7. The summed E-state index contributed by atoms with van der Waals surface area (Å²) in [6.07, 6.45) is 2.14. The number of H-pyrrole nitrogens is 1. The van der Waals surface area contributed by atoms with E-state index in [0.29, 0.717) is 40.0 Å². The molecule has 1 aliphatic carbocycles. The van der Waals surface area contributed by atoms with Crippen LogP contribution in [0.2, 0.25) is 0 Å². The van der Waals surface area contributed by atoms with Crippen LogP contribution in [0.15, 0.2) is 33.9 Å². The van der Waals surface area contributed by atoms with Gasteiger partial charge in [-0.1, -0.05) is 12.1 Å². The van der Waals surface area contributed by atoms with Gasteiger partial charge >= 0.3 is 11.7 Å². The number of fused-ring (bicyclic) bond motifs is 4. The topological polar surface area (TPSA) is 93.6 Å². The molecule has 2 aromatic heterocycles. The number of aromatic nitrogens is 2. The molecule has 1 aromatic carbocycles. The summed E-state index contributed by atoms with van der Waals surface area (Å²) in [5.74, 6) is 1.47. The van der Waals surface area contributed by atoms with Gasteiger partial charge in [-0.2, -0.15) is 0 Å². The SMILES string of the molecule is COC(=O)c1cc2[nH]c(=O)n(CCN3C[C@@H]4CCc5c(OC)cccc5[C@@H]4C3)c(=O)c2s1. The average molecular weight is 456 g/mol. The van der Waals surface area contributed by atoms with Crippen LogP contribution in [-0.4, -0.2) is 54.3 Å². The molecule has 0 radical (unpaired) electrons. The number of nitrogens with one attached hydrogen (secondary N) is 1. The van der Waals surface area contributed by atoms with Crippen molar-refractivity contribution in [2.75, 3.05) is 33.9 Å². The maximum absolute atomic E-state index is 12.9. The third kappa shape index (κ3) is 3.45. The van der Waals surface area contributed by atoms with E-state index in [9.17, 15) is 14.4 Å². The highest BCUT2D eigenvalue weighted by Gasteiger charge is 2.38. The predicted octanol–water partition coefficient (Wildman–Crippen LogP) is 2.21. The maximum atomic E-state index is 12.9. The number of methoxy groups -OCH3 is 2. The number of rotatable bonds is 5. The molecule has 2 aliphatic rings. The Morgan fingerprint density at radius 1 is 1.22 bits per heavy atom. The van der Waals surface area contributed by atoms with Crippen molar-refractivity contribution < 1.29 is 14.3 Å². The fourth-order valence-electron chi connectivity index (χ4n) is 5.19. The highest BCUT2D eigenvalue weighted by atomic mass is 32.1. The van der Waals surface area contributed by atoms with Crippen molar-refractivity contribution in [2.24, 2.45) is 5.92 Å². The van der Waals surface area contributed by atoms with E-state index in [1.807, 2.05) is 6.07 Å². The average Bonchev–Trinajstić information content (AvgIpc) is 3.42. The number of nitrogens with zero attached hydrogens (tertiary/aromatic N) is 2. The smallest absolute Gasteiger partial charge is 0.348 e. The molecule has 0 unspecified atom stereocenters. The minimum absolute atomic E-state index is 0.297. The Morgan fingerprint density at radius 3 is 2.84 bits per heavy atom. The molecular weight excluding hydrogens is 430 g/mol.